The van der Waals surface area contributed by atoms with Crippen molar-refractivity contribution in [3.8, 4) is 17.0 Å². The third-order valence-electron chi connectivity index (χ3n) is 6.63. The van der Waals surface area contributed by atoms with Crippen LogP contribution in [0, 0.1) is 13.8 Å². The highest BCUT2D eigenvalue weighted by atomic mass is 16.5. The summed E-state index contributed by atoms with van der Waals surface area (Å²) in [5.74, 6) is 1.34. The summed E-state index contributed by atoms with van der Waals surface area (Å²) in [6.45, 7) is 7.75. The van der Waals surface area contributed by atoms with Crippen molar-refractivity contribution in [3.63, 3.8) is 0 Å². The maximum absolute atomic E-state index is 12.6. The number of aromatic nitrogens is 3. The van der Waals surface area contributed by atoms with Crippen LogP contribution in [0.25, 0.3) is 16.9 Å². The number of ether oxygens (including phenoxy) is 1. The molecule has 1 aliphatic rings. The fraction of sp³-hybridized carbons (Fsp3) is 0.345. The summed E-state index contributed by atoms with van der Waals surface area (Å²) < 4.78 is 7.26. The lowest BCUT2D eigenvalue weighted by Crippen LogP contribution is -2.29. The second-order valence-corrected chi connectivity index (χ2v) is 10.5. The topological polar surface area (TPSA) is 113 Å². The highest BCUT2D eigenvalue weighted by molar-refractivity contribution is 5.96. The Hall–Kier alpha value is -4.11. The molecule has 2 aromatic heterocycles. The second-order valence-electron chi connectivity index (χ2n) is 10.5. The minimum atomic E-state index is -0.916. The van der Waals surface area contributed by atoms with Crippen LogP contribution in [0.3, 0.4) is 0 Å². The van der Waals surface area contributed by atoms with E-state index in [1.165, 1.54) is 0 Å². The maximum Gasteiger partial charge on any atom is 0.251 e. The number of hydrogen-bond donors (Lipinski definition) is 4. The van der Waals surface area contributed by atoms with E-state index < -0.39 is 5.60 Å². The number of carbonyl (C=O) groups is 1. The summed E-state index contributed by atoms with van der Waals surface area (Å²) in [5.41, 5.74) is 5.52. The monoisotopic (exact) mass is 514 g/mol. The number of carbonyl (C=O) groups excluding carboxylic acids is 1. The molecule has 1 fully saturated rings. The molecule has 1 amide bonds. The van der Waals surface area contributed by atoms with Crippen LogP contribution >= 0.6 is 0 Å². The van der Waals surface area contributed by atoms with Gasteiger partial charge in [-0.05, 0) is 70.4 Å². The number of hydrogen-bond acceptors (Lipinski definition) is 7. The SMILES string of the molecule is COc1cccc(Nc2cc(NCC(C)(C)O)c3ncc(-c4ccc(C(=O)NC5CC5)c(C)c4)n3n2)c1C. The molecule has 2 heterocycles. The lowest BCUT2D eigenvalue weighted by Gasteiger charge is -2.19. The molecule has 4 aromatic rings. The zero-order valence-electron chi connectivity index (χ0n) is 22.4. The first-order chi connectivity index (χ1) is 18.1. The van der Waals surface area contributed by atoms with Gasteiger partial charge in [0.2, 0.25) is 0 Å². The van der Waals surface area contributed by atoms with Crippen molar-refractivity contribution in [1.29, 1.82) is 0 Å². The number of aryl methyl sites for hydroxylation is 1. The Morgan fingerprint density at radius 2 is 1.95 bits per heavy atom. The maximum atomic E-state index is 12.6. The van der Waals surface area contributed by atoms with Crippen molar-refractivity contribution < 1.29 is 14.6 Å². The smallest absolute Gasteiger partial charge is 0.251 e. The van der Waals surface area contributed by atoms with E-state index in [9.17, 15) is 9.90 Å². The summed E-state index contributed by atoms with van der Waals surface area (Å²) >= 11 is 0. The van der Waals surface area contributed by atoms with E-state index in [-0.39, 0.29) is 5.91 Å². The average molecular weight is 515 g/mol. The van der Waals surface area contributed by atoms with Gasteiger partial charge in [-0.2, -0.15) is 0 Å². The van der Waals surface area contributed by atoms with E-state index in [1.807, 2.05) is 56.3 Å². The fourth-order valence-corrected chi connectivity index (χ4v) is 4.35. The number of fused-ring (bicyclic) bond motifs is 1. The first-order valence-electron chi connectivity index (χ1n) is 12.8. The van der Waals surface area contributed by atoms with Crippen LogP contribution in [-0.2, 0) is 0 Å². The Morgan fingerprint density at radius 3 is 2.63 bits per heavy atom. The van der Waals surface area contributed by atoms with Gasteiger partial charge in [-0.3, -0.25) is 4.79 Å². The highest BCUT2D eigenvalue weighted by Gasteiger charge is 2.25. The van der Waals surface area contributed by atoms with Gasteiger partial charge in [-0.1, -0.05) is 12.1 Å². The quantitative estimate of drug-likeness (QED) is 0.253. The molecular formula is C29H34N6O3. The molecule has 1 aliphatic carbocycles. The number of aliphatic hydroxyl groups is 1. The molecule has 5 rings (SSSR count). The fourth-order valence-electron chi connectivity index (χ4n) is 4.35. The number of benzene rings is 2. The van der Waals surface area contributed by atoms with Crippen molar-refractivity contribution in [3.05, 3.63) is 65.4 Å². The van der Waals surface area contributed by atoms with Gasteiger partial charge in [0, 0.05) is 41.0 Å². The van der Waals surface area contributed by atoms with Crippen LogP contribution in [0.4, 0.5) is 17.2 Å². The molecule has 0 unspecified atom stereocenters. The first-order valence-corrected chi connectivity index (χ1v) is 12.8. The van der Waals surface area contributed by atoms with Crippen molar-refractivity contribution >= 4 is 28.7 Å². The summed E-state index contributed by atoms with van der Waals surface area (Å²) in [6, 6.07) is 13.8. The van der Waals surface area contributed by atoms with Crippen LogP contribution in [0.2, 0.25) is 0 Å². The number of anilines is 3. The van der Waals surface area contributed by atoms with E-state index in [2.05, 4.69) is 20.9 Å². The lowest BCUT2D eigenvalue weighted by molar-refractivity contribution is 0.0940. The van der Waals surface area contributed by atoms with E-state index in [0.717, 1.165) is 52.4 Å². The molecule has 198 valence electrons. The van der Waals surface area contributed by atoms with E-state index in [4.69, 9.17) is 9.84 Å². The Labute approximate surface area is 222 Å². The van der Waals surface area contributed by atoms with Crippen LogP contribution < -0.4 is 20.7 Å². The number of nitrogens with one attached hydrogen (secondary N) is 3. The third kappa shape index (κ3) is 5.43. The van der Waals surface area contributed by atoms with Crippen LogP contribution in [0.5, 0.6) is 5.75 Å². The molecular weight excluding hydrogens is 480 g/mol. The van der Waals surface area contributed by atoms with Crippen molar-refractivity contribution in [1.82, 2.24) is 19.9 Å². The second kappa shape index (κ2) is 9.98. The van der Waals surface area contributed by atoms with Gasteiger partial charge < -0.3 is 25.8 Å². The zero-order valence-corrected chi connectivity index (χ0v) is 22.4. The average Bonchev–Trinajstić information content (AvgIpc) is 3.58. The standard InChI is InChI=1S/C29H34N6O3/c1-17-13-19(9-12-21(17)28(36)32-20-10-11-20)24-15-30-27-23(31-16-29(3,4)37)14-26(34-35(24)27)33-22-7-6-8-25(38-5)18(22)2/h6-9,12-15,20,31,37H,10-11,16H2,1-5H3,(H,32,36)(H,33,34). The van der Waals surface area contributed by atoms with Gasteiger partial charge >= 0.3 is 0 Å². The number of imidazole rings is 1. The zero-order chi connectivity index (χ0) is 27.0. The predicted octanol–water partition coefficient (Wildman–Crippen LogP) is 4.84. The minimum absolute atomic E-state index is 0.0360. The Bertz CT molecular complexity index is 1500. The molecule has 0 spiro atoms. The van der Waals surface area contributed by atoms with Gasteiger partial charge in [0.25, 0.3) is 5.91 Å². The normalized spacial score (nSPS) is 13.4. The van der Waals surface area contributed by atoms with Crippen molar-refractivity contribution in [2.24, 2.45) is 0 Å². The molecule has 1 saturated carbocycles. The van der Waals surface area contributed by atoms with E-state index in [1.54, 1.807) is 31.7 Å². The van der Waals surface area contributed by atoms with Crippen LogP contribution in [-0.4, -0.2) is 50.9 Å². The van der Waals surface area contributed by atoms with Gasteiger partial charge in [0.15, 0.2) is 11.5 Å². The lowest BCUT2D eigenvalue weighted by atomic mass is 10.0. The van der Waals surface area contributed by atoms with Crippen LogP contribution in [0.15, 0.2) is 48.7 Å². The molecule has 2 aromatic carbocycles. The molecule has 0 saturated heterocycles. The van der Waals surface area contributed by atoms with Crippen molar-refractivity contribution in [2.75, 3.05) is 24.3 Å². The molecule has 0 atom stereocenters. The Balaban J connectivity index is 1.55. The number of rotatable bonds is 9. The summed E-state index contributed by atoms with van der Waals surface area (Å²) in [4.78, 5) is 17.3. The molecule has 0 bridgehead atoms. The number of methoxy groups -OCH3 is 1. The van der Waals surface area contributed by atoms with Gasteiger partial charge in [0.1, 0.15) is 5.75 Å². The number of nitrogens with zero attached hydrogens (tertiary/aromatic N) is 3. The highest BCUT2D eigenvalue weighted by Crippen LogP contribution is 2.31. The molecule has 0 radical (unpaired) electrons. The molecule has 9 heteroatoms. The molecule has 9 nitrogen and oxygen atoms in total. The van der Waals surface area contributed by atoms with Gasteiger partial charge in [-0.25, -0.2) is 9.50 Å². The van der Waals surface area contributed by atoms with Gasteiger partial charge in [0.05, 0.1) is 30.3 Å². The van der Waals surface area contributed by atoms with E-state index in [0.29, 0.717) is 29.6 Å². The third-order valence-corrected chi connectivity index (χ3v) is 6.63. The van der Waals surface area contributed by atoms with Crippen molar-refractivity contribution in [2.45, 2.75) is 52.2 Å². The van der Waals surface area contributed by atoms with Gasteiger partial charge in [-0.15, -0.1) is 5.10 Å². The van der Waals surface area contributed by atoms with E-state index >= 15 is 0 Å². The van der Waals surface area contributed by atoms with Crippen LogP contribution in [0.1, 0.15) is 48.2 Å². The largest absolute Gasteiger partial charge is 0.496 e. The minimum Gasteiger partial charge on any atom is -0.496 e. The Kier molecular flexibility index (Phi) is 6.71. The molecule has 4 N–H and O–H groups in total. The molecule has 0 aliphatic heterocycles. The predicted molar refractivity (Wildman–Crippen MR) is 149 cm³/mol. The summed E-state index contributed by atoms with van der Waals surface area (Å²) in [6.07, 6.45) is 3.87. The summed E-state index contributed by atoms with van der Waals surface area (Å²) in [5, 5.41) is 25.0. The Morgan fingerprint density at radius 1 is 1.16 bits per heavy atom. The first kappa shape index (κ1) is 25.5. The number of amides is 1. The molecule has 38 heavy (non-hydrogen) atoms. The summed E-state index contributed by atoms with van der Waals surface area (Å²) in [7, 11) is 1.65.